The van der Waals surface area contributed by atoms with Crippen molar-refractivity contribution in [2.75, 3.05) is 16.9 Å². The monoisotopic (exact) mass is 318 g/mol. The fourth-order valence-corrected chi connectivity index (χ4v) is 2.70. The van der Waals surface area contributed by atoms with Crippen LogP contribution in [0.4, 0.5) is 5.69 Å². The van der Waals surface area contributed by atoms with Crippen LogP contribution in [0.1, 0.15) is 26.0 Å². The van der Waals surface area contributed by atoms with Gasteiger partial charge in [0.2, 0.25) is 5.91 Å². The van der Waals surface area contributed by atoms with Crippen molar-refractivity contribution in [3.05, 3.63) is 36.4 Å². The number of thioether (sulfide) groups is 1. The Morgan fingerprint density at radius 2 is 2.23 bits per heavy atom. The molecule has 0 fully saturated rings. The first-order valence-electron chi connectivity index (χ1n) is 7.32. The molecule has 0 radical (unpaired) electrons. The highest BCUT2D eigenvalue weighted by molar-refractivity contribution is 7.98. The molecule has 0 aromatic carbocycles. The van der Waals surface area contributed by atoms with Crippen LogP contribution >= 0.6 is 11.8 Å². The average Bonchev–Trinajstić information content (AvgIpc) is 2.88. The van der Waals surface area contributed by atoms with Crippen LogP contribution in [0.2, 0.25) is 0 Å². The molecule has 0 saturated heterocycles. The number of carbonyl (C=O) groups is 1. The highest BCUT2D eigenvalue weighted by Crippen LogP contribution is 2.24. The molecule has 0 bridgehead atoms. The van der Waals surface area contributed by atoms with E-state index in [-0.39, 0.29) is 11.9 Å². The zero-order chi connectivity index (χ0) is 16.1. The molecule has 1 amide bonds. The van der Waals surface area contributed by atoms with E-state index in [1.807, 2.05) is 50.3 Å². The molecule has 2 heterocycles. The fraction of sp³-hybridized carbons (Fsp3) is 0.438. The number of pyridine rings is 1. The summed E-state index contributed by atoms with van der Waals surface area (Å²) in [6.45, 7) is 5.98. The lowest BCUT2D eigenvalue weighted by molar-refractivity contribution is -0.118. The SMILES string of the molecule is CSCCC(=O)N(c1cn(-c2cccnc2)nc1C)C(C)C. The van der Waals surface area contributed by atoms with Crippen molar-refractivity contribution in [3.8, 4) is 5.69 Å². The maximum atomic E-state index is 12.5. The Labute approximate surface area is 135 Å². The molecule has 0 aliphatic rings. The highest BCUT2D eigenvalue weighted by Gasteiger charge is 2.22. The van der Waals surface area contributed by atoms with Gasteiger partial charge in [0.1, 0.15) is 0 Å². The lowest BCUT2D eigenvalue weighted by atomic mass is 10.2. The zero-order valence-electron chi connectivity index (χ0n) is 13.5. The summed E-state index contributed by atoms with van der Waals surface area (Å²) in [5.41, 5.74) is 2.59. The number of hydrogen-bond donors (Lipinski definition) is 0. The van der Waals surface area contributed by atoms with Gasteiger partial charge in [0, 0.05) is 24.4 Å². The average molecular weight is 318 g/mol. The third-order valence-corrected chi connectivity index (χ3v) is 3.96. The van der Waals surface area contributed by atoms with Crippen LogP contribution in [-0.4, -0.2) is 38.7 Å². The van der Waals surface area contributed by atoms with E-state index in [2.05, 4.69) is 10.1 Å². The second-order valence-electron chi connectivity index (χ2n) is 5.36. The van der Waals surface area contributed by atoms with Crippen molar-refractivity contribution in [1.82, 2.24) is 14.8 Å². The number of carbonyl (C=O) groups excluding carboxylic acids is 1. The summed E-state index contributed by atoms with van der Waals surface area (Å²) in [4.78, 5) is 18.5. The molecule has 5 nitrogen and oxygen atoms in total. The van der Waals surface area contributed by atoms with E-state index in [4.69, 9.17) is 0 Å². The first-order valence-corrected chi connectivity index (χ1v) is 8.71. The van der Waals surface area contributed by atoms with Gasteiger partial charge in [-0.15, -0.1) is 0 Å². The third-order valence-electron chi connectivity index (χ3n) is 3.35. The molecule has 2 aromatic rings. The van der Waals surface area contributed by atoms with Crippen LogP contribution in [0.3, 0.4) is 0 Å². The molecule has 0 saturated carbocycles. The van der Waals surface area contributed by atoms with Crippen molar-refractivity contribution < 1.29 is 4.79 Å². The predicted molar refractivity (Wildman–Crippen MR) is 91.7 cm³/mol. The standard InChI is InChI=1S/C16H22N4OS/c1-12(2)20(16(21)7-9-22-4)15-11-19(18-13(15)3)14-6-5-8-17-10-14/h5-6,8,10-12H,7,9H2,1-4H3. The molecule has 0 spiro atoms. The first-order chi connectivity index (χ1) is 10.5. The molecular weight excluding hydrogens is 296 g/mol. The molecule has 2 aromatic heterocycles. The molecule has 0 atom stereocenters. The third kappa shape index (κ3) is 3.68. The summed E-state index contributed by atoms with van der Waals surface area (Å²) >= 11 is 1.68. The Bertz CT molecular complexity index is 624. The Morgan fingerprint density at radius 1 is 1.45 bits per heavy atom. The van der Waals surface area contributed by atoms with Gasteiger partial charge in [0.25, 0.3) is 0 Å². The molecular formula is C16H22N4OS. The van der Waals surface area contributed by atoms with E-state index in [1.54, 1.807) is 28.8 Å². The largest absolute Gasteiger partial charge is 0.307 e. The van der Waals surface area contributed by atoms with Crippen LogP contribution in [0.15, 0.2) is 30.7 Å². The molecule has 22 heavy (non-hydrogen) atoms. The number of amides is 1. The predicted octanol–water partition coefficient (Wildman–Crippen LogP) is 3.07. The Hall–Kier alpha value is -1.82. The number of aryl methyl sites for hydroxylation is 1. The number of anilines is 1. The Kier molecular flexibility index (Phi) is 5.60. The number of rotatable bonds is 6. The van der Waals surface area contributed by atoms with Gasteiger partial charge in [-0.3, -0.25) is 9.78 Å². The first kappa shape index (κ1) is 16.5. The molecule has 0 aliphatic heterocycles. The summed E-state index contributed by atoms with van der Waals surface area (Å²) in [6, 6.07) is 3.91. The zero-order valence-corrected chi connectivity index (χ0v) is 14.3. The number of hydrogen-bond acceptors (Lipinski definition) is 4. The normalized spacial score (nSPS) is 11.0. The van der Waals surface area contributed by atoms with Crippen LogP contribution in [0.5, 0.6) is 0 Å². The van der Waals surface area contributed by atoms with Gasteiger partial charge >= 0.3 is 0 Å². The minimum absolute atomic E-state index is 0.0969. The van der Waals surface area contributed by atoms with Crippen molar-refractivity contribution >= 4 is 23.4 Å². The highest BCUT2D eigenvalue weighted by atomic mass is 32.2. The van der Waals surface area contributed by atoms with Crippen molar-refractivity contribution in [2.24, 2.45) is 0 Å². The second-order valence-corrected chi connectivity index (χ2v) is 6.34. The molecule has 118 valence electrons. The van der Waals surface area contributed by atoms with Gasteiger partial charge in [0.15, 0.2) is 0 Å². The van der Waals surface area contributed by atoms with Gasteiger partial charge < -0.3 is 4.90 Å². The Balaban J connectivity index is 2.33. The minimum atomic E-state index is 0.0969. The van der Waals surface area contributed by atoms with E-state index >= 15 is 0 Å². The fourth-order valence-electron chi connectivity index (χ4n) is 2.32. The van der Waals surface area contributed by atoms with Crippen LogP contribution in [0, 0.1) is 6.92 Å². The topological polar surface area (TPSA) is 51.0 Å². The smallest absolute Gasteiger partial charge is 0.228 e. The van der Waals surface area contributed by atoms with Crippen molar-refractivity contribution in [1.29, 1.82) is 0 Å². The van der Waals surface area contributed by atoms with Gasteiger partial charge in [-0.2, -0.15) is 16.9 Å². The molecule has 2 rings (SSSR count). The van der Waals surface area contributed by atoms with E-state index in [9.17, 15) is 4.79 Å². The minimum Gasteiger partial charge on any atom is -0.307 e. The van der Waals surface area contributed by atoms with Gasteiger partial charge in [-0.1, -0.05) is 0 Å². The van der Waals surface area contributed by atoms with Crippen LogP contribution < -0.4 is 4.90 Å². The van der Waals surface area contributed by atoms with E-state index in [0.717, 1.165) is 22.8 Å². The molecule has 0 unspecified atom stereocenters. The van der Waals surface area contributed by atoms with Crippen molar-refractivity contribution in [3.63, 3.8) is 0 Å². The number of aromatic nitrogens is 3. The quantitative estimate of drug-likeness (QED) is 0.821. The Morgan fingerprint density at radius 3 is 2.82 bits per heavy atom. The van der Waals surface area contributed by atoms with Gasteiger partial charge in [0.05, 0.1) is 29.5 Å². The molecule has 0 N–H and O–H groups in total. The maximum Gasteiger partial charge on any atom is 0.228 e. The maximum absolute atomic E-state index is 12.5. The molecule has 6 heteroatoms. The summed E-state index contributed by atoms with van der Waals surface area (Å²) in [5.74, 6) is 0.968. The van der Waals surface area contributed by atoms with E-state index < -0.39 is 0 Å². The summed E-state index contributed by atoms with van der Waals surface area (Å²) in [6.07, 6.45) is 7.94. The lowest BCUT2D eigenvalue weighted by Crippen LogP contribution is -2.37. The second kappa shape index (κ2) is 7.45. The van der Waals surface area contributed by atoms with E-state index in [0.29, 0.717) is 6.42 Å². The van der Waals surface area contributed by atoms with Gasteiger partial charge in [-0.25, -0.2) is 4.68 Å². The number of nitrogens with zero attached hydrogens (tertiary/aromatic N) is 4. The lowest BCUT2D eigenvalue weighted by Gasteiger charge is -2.26. The molecule has 0 aliphatic carbocycles. The van der Waals surface area contributed by atoms with E-state index in [1.165, 1.54) is 0 Å². The summed E-state index contributed by atoms with van der Waals surface area (Å²) in [7, 11) is 0. The van der Waals surface area contributed by atoms with Gasteiger partial charge in [-0.05, 0) is 39.2 Å². The van der Waals surface area contributed by atoms with Crippen LogP contribution in [-0.2, 0) is 4.79 Å². The summed E-state index contributed by atoms with van der Waals surface area (Å²) < 4.78 is 1.77. The summed E-state index contributed by atoms with van der Waals surface area (Å²) in [5, 5.41) is 4.52. The van der Waals surface area contributed by atoms with Crippen molar-refractivity contribution in [2.45, 2.75) is 33.2 Å². The van der Waals surface area contributed by atoms with Crippen LogP contribution in [0.25, 0.3) is 5.69 Å².